The summed E-state index contributed by atoms with van der Waals surface area (Å²) in [5, 5.41) is 9.67. The van der Waals surface area contributed by atoms with Crippen molar-refractivity contribution >= 4 is 6.29 Å². The third-order valence-electron chi connectivity index (χ3n) is 2.18. The van der Waals surface area contributed by atoms with Crippen LogP contribution in [0.5, 0.6) is 5.75 Å². The van der Waals surface area contributed by atoms with Crippen molar-refractivity contribution in [3.8, 4) is 5.75 Å². The third-order valence-corrected chi connectivity index (χ3v) is 2.18. The average Bonchev–Trinajstić information content (AvgIpc) is 2.12. The molecule has 1 aromatic carbocycles. The Morgan fingerprint density at radius 2 is 2.15 bits per heavy atom. The van der Waals surface area contributed by atoms with Crippen molar-refractivity contribution in [1.82, 2.24) is 0 Å². The lowest BCUT2D eigenvalue weighted by atomic mass is 10.00. The number of phenols is 1. The molecule has 0 spiro atoms. The molecule has 0 radical (unpaired) electrons. The minimum absolute atomic E-state index is 0.150. The van der Waals surface area contributed by atoms with Gasteiger partial charge in [-0.05, 0) is 30.5 Å². The number of phenolic OH excluding ortho intramolecular Hbond substituents is 1. The van der Waals surface area contributed by atoms with Crippen LogP contribution in [0.1, 0.15) is 34.8 Å². The van der Waals surface area contributed by atoms with Crippen LogP contribution in [0.3, 0.4) is 0 Å². The van der Waals surface area contributed by atoms with E-state index in [0.717, 1.165) is 24.0 Å². The van der Waals surface area contributed by atoms with Gasteiger partial charge in [-0.1, -0.05) is 19.4 Å². The number of aryl methyl sites for hydroxylation is 1. The van der Waals surface area contributed by atoms with Crippen molar-refractivity contribution in [2.75, 3.05) is 0 Å². The second-order valence-electron chi connectivity index (χ2n) is 3.17. The van der Waals surface area contributed by atoms with Gasteiger partial charge in [0.2, 0.25) is 0 Å². The Labute approximate surface area is 78.2 Å². The van der Waals surface area contributed by atoms with Crippen molar-refractivity contribution < 1.29 is 9.90 Å². The Hall–Kier alpha value is -1.31. The summed E-state index contributed by atoms with van der Waals surface area (Å²) in [5.74, 6) is 0.150. The van der Waals surface area contributed by atoms with Gasteiger partial charge in [0.05, 0.1) is 5.56 Å². The lowest BCUT2D eigenvalue weighted by Gasteiger charge is -2.08. The Balaban J connectivity index is 3.21. The summed E-state index contributed by atoms with van der Waals surface area (Å²) >= 11 is 0. The molecular weight excluding hydrogens is 164 g/mol. The molecule has 0 heterocycles. The van der Waals surface area contributed by atoms with Gasteiger partial charge in [-0.15, -0.1) is 0 Å². The van der Waals surface area contributed by atoms with Crippen LogP contribution in [0.2, 0.25) is 0 Å². The summed E-state index contributed by atoms with van der Waals surface area (Å²) in [7, 11) is 0. The van der Waals surface area contributed by atoms with Crippen LogP contribution in [-0.2, 0) is 6.42 Å². The molecule has 0 unspecified atom stereocenters. The van der Waals surface area contributed by atoms with Crippen LogP contribution >= 0.6 is 0 Å². The zero-order chi connectivity index (χ0) is 9.84. The SMILES string of the molecule is CCCc1c(C)ccc(C=O)c1O. The number of carbonyl (C=O) groups excluding carboxylic acids is 1. The summed E-state index contributed by atoms with van der Waals surface area (Å²) in [4.78, 5) is 10.5. The van der Waals surface area contributed by atoms with E-state index in [4.69, 9.17) is 0 Å². The minimum atomic E-state index is 0.150. The number of carbonyl (C=O) groups is 1. The third kappa shape index (κ3) is 1.89. The van der Waals surface area contributed by atoms with Crippen LogP contribution in [0.25, 0.3) is 0 Å². The van der Waals surface area contributed by atoms with E-state index in [1.165, 1.54) is 0 Å². The predicted molar refractivity (Wildman–Crippen MR) is 52.2 cm³/mol. The number of aromatic hydroxyl groups is 1. The first-order valence-electron chi connectivity index (χ1n) is 4.47. The number of benzene rings is 1. The summed E-state index contributed by atoms with van der Waals surface area (Å²) in [6.07, 6.45) is 2.48. The van der Waals surface area contributed by atoms with Crippen LogP contribution in [0.15, 0.2) is 12.1 Å². The van der Waals surface area contributed by atoms with E-state index in [9.17, 15) is 9.90 Å². The van der Waals surface area contributed by atoms with Gasteiger partial charge >= 0.3 is 0 Å². The van der Waals surface area contributed by atoms with E-state index >= 15 is 0 Å². The molecule has 0 aliphatic carbocycles. The van der Waals surface area contributed by atoms with Gasteiger partial charge in [-0.2, -0.15) is 0 Å². The molecule has 0 aromatic heterocycles. The van der Waals surface area contributed by atoms with Gasteiger partial charge in [0, 0.05) is 0 Å². The molecule has 0 aliphatic heterocycles. The lowest BCUT2D eigenvalue weighted by Crippen LogP contribution is -1.93. The first kappa shape index (κ1) is 9.78. The van der Waals surface area contributed by atoms with Gasteiger partial charge in [-0.25, -0.2) is 0 Å². The molecule has 0 fully saturated rings. The molecule has 1 rings (SSSR count). The van der Waals surface area contributed by atoms with Crippen molar-refractivity contribution in [3.63, 3.8) is 0 Å². The fraction of sp³-hybridized carbons (Fsp3) is 0.364. The second kappa shape index (κ2) is 4.08. The highest BCUT2D eigenvalue weighted by Crippen LogP contribution is 2.25. The van der Waals surface area contributed by atoms with Crippen molar-refractivity contribution in [3.05, 3.63) is 28.8 Å². The Morgan fingerprint density at radius 3 is 2.69 bits per heavy atom. The Bertz CT molecular complexity index is 316. The highest BCUT2D eigenvalue weighted by molar-refractivity contribution is 5.80. The molecule has 0 aliphatic rings. The Kier molecular flexibility index (Phi) is 3.07. The first-order valence-corrected chi connectivity index (χ1v) is 4.47. The first-order chi connectivity index (χ1) is 6.20. The molecule has 0 atom stereocenters. The van der Waals surface area contributed by atoms with E-state index in [2.05, 4.69) is 0 Å². The van der Waals surface area contributed by atoms with Crippen LogP contribution < -0.4 is 0 Å². The molecule has 2 heteroatoms. The summed E-state index contributed by atoms with van der Waals surface area (Å²) in [6.45, 7) is 3.99. The zero-order valence-electron chi connectivity index (χ0n) is 8.00. The molecule has 0 saturated carbocycles. The minimum Gasteiger partial charge on any atom is -0.507 e. The second-order valence-corrected chi connectivity index (χ2v) is 3.17. The van der Waals surface area contributed by atoms with Crippen LogP contribution in [0, 0.1) is 6.92 Å². The van der Waals surface area contributed by atoms with Gasteiger partial charge in [0.1, 0.15) is 5.75 Å². The van der Waals surface area contributed by atoms with Gasteiger partial charge < -0.3 is 5.11 Å². The lowest BCUT2D eigenvalue weighted by molar-refractivity contribution is 0.112. The average molecular weight is 178 g/mol. The predicted octanol–water partition coefficient (Wildman–Crippen LogP) is 2.47. The molecule has 0 amide bonds. The molecule has 0 saturated heterocycles. The summed E-state index contributed by atoms with van der Waals surface area (Å²) < 4.78 is 0. The maximum Gasteiger partial charge on any atom is 0.153 e. The smallest absolute Gasteiger partial charge is 0.153 e. The summed E-state index contributed by atoms with van der Waals surface area (Å²) in [5.41, 5.74) is 2.33. The normalized spacial score (nSPS) is 10.0. The maximum atomic E-state index is 10.5. The number of aldehydes is 1. The van der Waals surface area contributed by atoms with Crippen molar-refractivity contribution in [1.29, 1.82) is 0 Å². The highest BCUT2D eigenvalue weighted by atomic mass is 16.3. The monoisotopic (exact) mass is 178 g/mol. The van der Waals surface area contributed by atoms with E-state index < -0.39 is 0 Å². The molecule has 2 nitrogen and oxygen atoms in total. The number of rotatable bonds is 3. The van der Waals surface area contributed by atoms with E-state index in [1.807, 2.05) is 19.9 Å². The standard InChI is InChI=1S/C11H14O2/c1-3-4-10-8(2)5-6-9(7-12)11(10)13/h5-7,13H,3-4H2,1-2H3. The quantitative estimate of drug-likeness (QED) is 0.722. The zero-order valence-corrected chi connectivity index (χ0v) is 8.00. The van der Waals surface area contributed by atoms with Gasteiger partial charge in [0.15, 0.2) is 6.29 Å². The molecule has 1 aromatic rings. The highest BCUT2D eigenvalue weighted by Gasteiger charge is 2.08. The number of hydrogen-bond donors (Lipinski definition) is 1. The molecule has 13 heavy (non-hydrogen) atoms. The fourth-order valence-electron chi connectivity index (χ4n) is 1.42. The summed E-state index contributed by atoms with van der Waals surface area (Å²) in [6, 6.07) is 3.52. The van der Waals surface area contributed by atoms with Gasteiger partial charge in [0.25, 0.3) is 0 Å². The number of hydrogen-bond acceptors (Lipinski definition) is 2. The maximum absolute atomic E-state index is 10.5. The van der Waals surface area contributed by atoms with Crippen molar-refractivity contribution in [2.24, 2.45) is 0 Å². The van der Waals surface area contributed by atoms with Crippen LogP contribution in [-0.4, -0.2) is 11.4 Å². The topological polar surface area (TPSA) is 37.3 Å². The van der Waals surface area contributed by atoms with E-state index in [1.54, 1.807) is 6.07 Å². The largest absolute Gasteiger partial charge is 0.507 e. The van der Waals surface area contributed by atoms with E-state index in [0.29, 0.717) is 11.8 Å². The van der Waals surface area contributed by atoms with Crippen LogP contribution in [0.4, 0.5) is 0 Å². The Morgan fingerprint density at radius 1 is 1.46 bits per heavy atom. The van der Waals surface area contributed by atoms with E-state index in [-0.39, 0.29) is 5.75 Å². The molecule has 1 N–H and O–H groups in total. The van der Waals surface area contributed by atoms with Crippen molar-refractivity contribution in [2.45, 2.75) is 26.7 Å². The van der Waals surface area contributed by atoms with Gasteiger partial charge in [-0.3, -0.25) is 4.79 Å². The fourth-order valence-corrected chi connectivity index (χ4v) is 1.42. The molecular formula is C11H14O2. The molecule has 0 bridgehead atoms. The molecule has 70 valence electrons.